The summed E-state index contributed by atoms with van der Waals surface area (Å²) in [5.74, 6) is 0. The average molecular weight is 318 g/mol. The van der Waals surface area contributed by atoms with Gasteiger partial charge in [-0.1, -0.05) is 0 Å². The van der Waals surface area contributed by atoms with Gasteiger partial charge in [0.1, 0.15) is 0 Å². The van der Waals surface area contributed by atoms with Gasteiger partial charge in [0.05, 0.1) is 0 Å². The Labute approximate surface area is 105 Å². The molecule has 0 aliphatic carbocycles. The second-order valence-electron chi connectivity index (χ2n) is 0.447. The second-order valence-corrected chi connectivity index (χ2v) is 1.34. The van der Waals surface area contributed by atoms with Gasteiger partial charge >= 0.3 is 79.6 Å². The first-order valence-electron chi connectivity index (χ1n) is 0.730. The summed E-state index contributed by atoms with van der Waals surface area (Å²) in [5, 5.41) is 0. The molecule has 0 aromatic rings. The minimum Gasteiger partial charge on any atom is -0.822 e. The number of hydrogen-bond donors (Lipinski definition) is 0. The van der Waals surface area contributed by atoms with E-state index in [0.29, 0.717) is 0 Å². The molecule has 0 spiro atoms. The third-order valence-electron chi connectivity index (χ3n) is 0. The van der Waals surface area contributed by atoms with E-state index < -0.39 is 7.82 Å². The van der Waals surface area contributed by atoms with Gasteiger partial charge in [0.2, 0.25) is 0 Å². The van der Waals surface area contributed by atoms with Gasteiger partial charge in [-0.15, -0.1) is 0 Å². The maximum atomic E-state index is 8.55. The largest absolute Gasteiger partial charge is 4.00 e. The Morgan fingerprint density at radius 2 is 1.25 bits per heavy atom. The minimum atomic E-state index is -5.39. The van der Waals surface area contributed by atoms with E-state index in [2.05, 4.69) is 0 Å². The smallest absolute Gasteiger partial charge is 0.822 e. The molecule has 0 aliphatic heterocycles. The predicted octanol–water partition coefficient (Wildman–Crippen LogP) is -5.71. The van der Waals surface area contributed by atoms with E-state index in [1.165, 1.54) is 0 Å². The van der Waals surface area contributed by atoms with Crippen LogP contribution in [0.5, 0.6) is 0 Å². The normalized spacial score (nSPS) is 7.38. The molecule has 0 N–H and O–H groups in total. The first-order chi connectivity index (χ1) is 2.00. The van der Waals surface area contributed by atoms with Crippen molar-refractivity contribution in [2.75, 3.05) is 0 Å². The standard InChI is InChI=1S/Ag.Na.H3O4P.Zr/c;;1-5(2,3)4;/h;;(H3,1,2,3,4);/q2*+1;;+4/p-2. The summed E-state index contributed by atoms with van der Waals surface area (Å²) >= 11 is 0. The van der Waals surface area contributed by atoms with Crippen molar-refractivity contribution in [2.45, 2.75) is 0 Å². The summed E-state index contributed by atoms with van der Waals surface area (Å²) in [4.78, 5) is 25.6. The maximum Gasteiger partial charge on any atom is 4.00 e. The monoisotopic (exact) mass is 316 g/mol. The Balaban J connectivity index is -0.0000000133. The van der Waals surface area contributed by atoms with Crippen molar-refractivity contribution in [2.24, 2.45) is 0 Å². The molecule has 0 aromatic carbocycles. The molecule has 0 saturated heterocycles. The van der Waals surface area contributed by atoms with E-state index in [9.17, 15) is 0 Å². The molecule has 0 rings (SSSR count). The maximum absolute atomic E-state index is 8.55. The van der Waals surface area contributed by atoms with Crippen molar-refractivity contribution in [1.29, 1.82) is 0 Å². The first-order valence-corrected chi connectivity index (χ1v) is 2.19. The van der Waals surface area contributed by atoms with Crippen LogP contribution in [0.3, 0.4) is 0 Å². The van der Waals surface area contributed by atoms with Crippen molar-refractivity contribution < 1.29 is 98.8 Å². The molecule has 0 heterocycles. The zero-order chi connectivity index (χ0) is 4.50. The third kappa shape index (κ3) is 69.9. The predicted molar refractivity (Wildman–Crippen MR) is 8.72 cm³/mol. The SMILES string of the molecule is O=P([O-])([O-])[O-].[Ag+].[H+].[Na+].[Zr+4]. The number of rotatable bonds is 0. The fraction of sp³-hybridized carbons (Fsp3) is 0. The van der Waals surface area contributed by atoms with Crippen LogP contribution in [-0.4, -0.2) is 0 Å². The molecule has 0 aromatic heterocycles. The van der Waals surface area contributed by atoms with E-state index >= 15 is 0 Å². The Hall–Kier alpha value is 2.73. The van der Waals surface area contributed by atoms with Crippen LogP contribution in [-0.2, 0) is 53.1 Å². The first kappa shape index (κ1) is 22.4. The second kappa shape index (κ2) is 9.73. The molecule has 0 atom stereocenters. The summed E-state index contributed by atoms with van der Waals surface area (Å²) in [5.41, 5.74) is 0. The van der Waals surface area contributed by atoms with E-state index in [1.54, 1.807) is 0 Å². The topological polar surface area (TPSA) is 86.2 Å². The Morgan fingerprint density at radius 1 is 1.25 bits per heavy atom. The summed E-state index contributed by atoms with van der Waals surface area (Å²) in [7, 11) is -5.39. The summed E-state index contributed by atoms with van der Waals surface area (Å²) < 4.78 is 8.55. The quantitative estimate of drug-likeness (QED) is 0.329. The molecule has 8 heavy (non-hydrogen) atoms. The van der Waals surface area contributed by atoms with Crippen molar-refractivity contribution in [3.63, 3.8) is 0 Å². The molecule has 0 bridgehead atoms. The summed E-state index contributed by atoms with van der Waals surface area (Å²) in [6.07, 6.45) is 0. The molecule has 8 heteroatoms. The van der Waals surface area contributed by atoms with Crippen LogP contribution in [0, 0.1) is 0 Å². The van der Waals surface area contributed by atoms with Crippen LogP contribution in [0.4, 0.5) is 0 Å². The summed E-state index contributed by atoms with van der Waals surface area (Å²) in [6, 6.07) is 0. The molecular formula is HAgNaO4PZr+4. The third-order valence-corrected chi connectivity index (χ3v) is 0. The van der Waals surface area contributed by atoms with Gasteiger partial charge in [0.15, 0.2) is 0 Å². The van der Waals surface area contributed by atoms with Gasteiger partial charge in [-0.2, -0.15) is 7.82 Å². The fourth-order valence-electron chi connectivity index (χ4n) is 0. The van der Waals surface area contributed by atoms with Crippen molar-refractivity contribution in [1.82, 2.24) is 0 Å². The molecule has 0 fully saturated rings. The number of hydrogen-bond acceptors (Lipinski definition) is 4. The zero-order valence-electron chi connectivity index (χ0n) is 4.88. The van der Waals surface area contributed by atoms with Gasteiger partial charge in [0, 0.05) is 0 Å². The van der Waals surface area contributed by atoms with Crippen molar-refractivity contribution in [3.8, 4) is 0 Å². The Bertz CT molecular complexity index is 66.7. The van der Waals surface area contributed by atoms with Crippen LogP contribution in [0.2, 0.25) is 0 Å². The molecule has 0 radical (unpaired) electrons. The Kier molecular flexibility index (Phi) is 27.3. The van der Waals surface area contributed by atoms with E-state index in [-0.39, 0.29) is 79.6 Å². The van der Waals surface area contributed by atoms with Crippen molar-refractivity contribution >= 4 is 7.82 Å². The fourth-order valence-corrected chi connectivity index (χ4v) is 0. The molecule has 0 saturated carbocycles. The average Bonchev–Trinajstić information content (AvgIpc) is 0.722. The molecule has 0 aliphatic rings. The van der Waals surface area contributed by atoms with Crippen LogP contribution in [0.15, 0.2) is 0 Å². The van der Waals surface area contributed by atoms with Crippen LogP contribution >= 0.6 is 7.82 Å². The van der Waals surface area contributed by atoms with Crippen LogP contribution in [0.1, 0.15) is 1.43 Å². The Morgan fingerprint density at radius 3 is 1.25 bits per heavy atom. The van der Waals surface area contributed by atoms with E-state index in [0.717, 1.165) is 0 Å². The van der Waals surface area contributed by atoms with E-state index in [1.807, 2.05) is 0 Å². The minimum absolute atomic E-state index is 0. The zero-order valence-corrected chi connectivity index (χ0v) is 10.7. The van der Waals surface area contributed by atoms with Gasteiger partial charge in [-0.05, 0) is 0 Å². The summed E-state index contributed by atoms with van der Waals surface area (Å²) in [6.45, 7) is 0. The van der Waals surface area contributed by atoms with Gasteiger partial charge < -0.3 is 19.2 Å². The van der Waals surface area contributed by atoms with E-state index in [4.69, 9.17) is 19.2 Å². The molecular weight excluding hydrogens is 317 g/mol. The van der Waals surface area contributed by atoms with Gasteiger partial charge in [0.25, 0.3) is 0 Å². The molecule has 0 amide bonds. The molecule has 4 nitrogen and oxygen atoms in total. The van der Waals surface area contributed by atoms with Crippen molar-refractivity contribution in [3.05, 3.63) is 0 Å². The van der Waals surface area contributed by atoms with Crippen LogP contribution < -0.4 is 44.2 Å². The molecule has 42 valence electrons. The molecule has 0 unspecified atom stereocenters. The van der Waals surface area contributed by atoms with Gasteiger partial charge in [-0.3, -0.25) is 0 Å². The van der Waals surface area contributed by atoms with Crippen LogP contribution in [0.25, 0.3) is 0 Å². The number of phosphoric acid groups is 1. The van der Waals surface area contributed by atoms with Gasteiger partial charge in [-0.25, -0.2) is 0 Å².